The molecule has 0 amide bonds. The maximum atomic E-state index is 3.70. The second-order valence-electron chi connectivity index (χ2n) is 5.86. The van der Waals surface area contributed by atoms with Crippen molar-refractivity contribution in [3.05, 3.63) is 35.9 Å². The van der Waals surface area contributed by atoms with Crippen molar-refractivity contribution in [1.82, 2.24) is 4.90 Å². The fourth-order valence-electron chi connectivity index (χ4n) is 2.98. The van der Waals surface area contributed by atoms with Gasteiger partial charge >= 0.3 is 0 Å². The fourth-order valence-corrected chi connectivity index (χ4v) is 2.98. The van der Waals surface area contributed by atoms with Gasteiger partial charge < -0.3 is 5.32 Å². The van der Waals surface area contributed by atoms with Crippen LogP contribution in [0.5, 0.6) is 0 Å². The summed E-state index contributed by atoms with van der Waals surface area (Å²) in [5, 5.41) is 3.70. The Labute approximate surface area is 110 Å². The first kappa shape index (κ1) is 11.8. The standard InChI is InChI=1S/C16H22N2/c1-13-8-11-18(12-9-13)16(2)10-7-14-5-3-4-6-15(14)17-16/h3-7,10,13,17H,8-9,11-12H2,1-2H3. The summed E-state index contributed by atoms with van der Waals surface area (Å²) in [6, 6.07) is 8.53. The molecular formula is C16H22N2. The number of rotatable bonds is 1. The van der Waals surface area contributed by atoms with Gasteiger partial charge in [-0.2, -0.15) is 0 Å². The average Bonchev–Trinajstić information content (AvgIpc) is 2.39. The van der Waals surface area contributed by atoms with Crippen LogP contribution < -0.4 is 5.32 Å². The quantitative estimate of drug-likeness (QED) is 0.810. The van der Waals surface area contributed by atoms with Crippen LogP contribution in [-0.2, 0) is 0 Å². The van der Waals surface area contributed by atoms with Gasteiger partial charge in [-0.3, -0.25) is 4.90 Å². The van der Waals surface area contributed by atoms with Gasteiger partial charge in [0.1, 0.15) is 5.66 Å². The Bertz CT molecular complexity index is 458. The summed E-state index contributed by atoms with van der Waals surface area (Å²) in [7, 11) is 0. The first-order valence-corrected chi connectivity index (χ1v) is 6.99. The Kier molecular flexibility index (Phi) is 2.90. The van der Waals surface area contributed by atoms with Gasteiger partial charge in [0.15, 0.2) is 0 Å². The van der Waals surface area contributed by atoms with Crippen molar-refractivity contribution < 1.29 is 0 Å². The maximum Gasteiger partial charge on any atom is 0.107 e. The predicted molar refractivity (Wildman–Crippen MR) is 77.5 cm³/mol. The largest absolute Gasteiger partial charge is 0.364 e. The topological polar surface area (TPSA) is 15.3 Å². The molecule has 96 valence electrons. The van der Waals surface area contributed by atoms with Crippen molar-refractivity contribution in [2.45, 2.75) is 32.4 Å². The van der Waals surface area contributed by atoms with Gasteiger partial charge in [-0.25, -0.2) is 0 Å². The minimum Gasteiger partial charge on any atom is -0.364 e. The molecule has 2 heterocycles. The molecule has 1 aromatic rings. The Morgan fingerprint density at radius 1 is 1.22 bits per heavy atom. The van der Waals surface area contributed by atoms with Crippen LogP contribution in [0.1, 0.15) is 32.3 Å². The highest BCUT2D eigenvalue weighted by atomic mass is 15.3. The third kappa shape index (κ3) is 2.05. The first-order valence-electron chi connectivity index (χ1n) is 6.99. The smallest absolute Gasteiger partial charge is 0.107 e. The lowest BCUT2D eigenvalue weighted by atomic mass is 9.94. The molecule has 1 saturated heterocycles. The number of para-hydroxylation sites is 1. The molecule has 1 aromatic carbocycles. The molecule has 18 heavy (non-hydrogen) atoms. The van der Waals surface area contributed by atoms with E-state index in [9.17, 15) is 0 Å². The van der Waals surface area contributed by atoms with Gasteiger partial charge in [0.2, 0.25) is 0 Å². The van der Waals surface area contributed by atoms with Gasteiger partial charge in [-0.15, -0.1) is 0 Å². The van der Waals surface area contributed by atoms with Crippen molar-refractivity contribution in [3.8, 4) is 0 Å². The number of likely N-dealkylation sites (tertiary alicyclic amines) is 1. The summed E-state index contributed by atoms with van der Waals surface area (Å²) in [5.41, 5.74) is 2.52. The second-order valence-corrected chi connectivity index (χ2v) is 5.86. The molecule has 2 aliphatic rings. The van der Waals surface area contributed by atoms with Crippen LogP contribution in [0, 0.1) is 5.92 Å². The minimum absolute atomic E-state index is 0.0194. The molecule has 0 spiro atoms. The Hall–Kier alpha value is -1.28. The fraction of sp³-hybridized carbons (Fsp3) is 0.500. The highest BCUT2D eigenvalue weighted by Crippen LogP contribution is 2.32. The zero-order valence-electron chi connectivity index (χ0n) is 11.3. The molecule has 2 aliphatic heterocycles. The molecule has 0 aliphatic carbocycles. The molecule has 1 atom stereocenters. The van der Waals surface area contributed by atoms with Gasteiger partial charge in [0, 0.05) is 18.8 Å². The minimum atomic E-state index is -0.0194. The van der Waals surface area contributed by atoms with E-state index in [1.54, 1.807) is 0 Å². The summed E-state index contributed by atoms with van der Waals surface area (Å²) >= 11 is 0. The van der Waals surface area contributed by atoms with Crippen molar-refractivity contribution in [1.29, 1.82) is 0 Å². The SMILES string of the molecule is CC1CCN(C2(C)C=Cc3ccccc3N2)CC1. The van der Waals surface area contributed by atoms with Crippen LogP contribution in [0.4, 0.5) is 5.69 Å². The maximum absolute atomic E-state index is 3.70. The molecule has 0 bridgehead atoms. The molecule has 1 N–H and O–H groups in total. The van der Waals surface area contributed by atoms with Crippen molar-refractivity contribution in [2.75, 3.05) is 18.4 Å². The van der Waals surface area contributed by atoms with E-state index in [0.29, 0.717) is 0 Å². The molecular weight excluding hydrogens is 220 g/mol. The van der Waals surface area contributed by atoms with E-state index in [1.165, 1.54) is 37.2 Å². The normalized spacial score (nSPS) is 28.8. The average molecular weight is 242 g/mol. The van der Waals surface area contributed by atoms with Crippen molar-refractivity contribution in [3.63, 3.8) is 0 Å². The number of fused-ring (bicyclic) bond motifs is 1. The van der Waals surface area contributed by atoms with Crippen molar-refractivity contribution >= 4 is 11.8 Å². The number of hydrogen-bond donors (Lipinski definition) is 1. The van der Waals surface area contributed by atoms with Crippen LogP contribution in [-0.4, -0.2) is 23.7 Å². The first-order chi connectivity index (χ1) is 8.67. The van der Waals surface area contributed by atoms with Crippen LogP contribution in [0.2, 0.25) is 0 Å². The van der Waals surface area contributed by atoms with E-state index in [1.807, 2.05) is 0 Å². The Balaban J connectivity index is 1.81. The van der Waals surface area contributed by atoms with E-state index in [2.05, 4.69) is 60.5 Å². The van der Waals surface area contributed by atoms with Crippen LogP contribution in [0.3, 0.4) is 0 Å². The molecule has 1 fully saturated rings. The van der Waals surface area contributed by atoms with Crippen molar-refractivity contribution in [2.24, 2.45) is 5.92 Å². The van der Waals surface area contributed by atoms with Gasteiger partial charge in [0.05, 0.1) is 0 Å². The van der Waals surface area contributed by atoms with E-state index in [4.69, 9.17) is 0 Å². The van der Waals surface area contributed by atoms with E-state index < -0.39 is 0 Å². The summed E-state index contributed by atoms with van der Waals surface area (Å²) < 4.78 is 0. The summed E-state index contributed by atoms with van der Waals surface area (Å²) in [6.07, 6.45) is 7.19. The molecule has 2 nitrogen and oxygen atoms in total. The van der Waals surface area contributed by atoms with Crippen LogP contribution in [0.25, 0.3) is 6.08 Å². The molecule has 0 radical (unpaired) electrons. The second kappa shape index (κ2) is 4.43. The zero-order valence-corrected chi connectivity index (χ0v) is 11.3. The number of nitrogens with zero attached hydrogens (tertiary/aromatic N) is 1. The molecule has 1 unspecified atom stereocenters. The highest BCUT2D eigenvalue weighted by Gasteiger charge is 2.33. The molecule has 3 rings (SSSR count). The zero-order chi connectivity index (χ0) is 12.6. The van der Waals surface area contributed by atoms with Gasteiger partial charge in [-0.05, 0) is 43.4 Å². The van der Waals surface area contributed by atoms with Crippen LogP contribution in [0.15, 0.2) is 30.3 Å². The number of hydrogen-bond acceptors (Lipinski definition) is 2. The summed E-state index contributed by atoms with van der Waals surface area (Å²) in [4.78, 5) is 2.57. The number of anilines is 1. The Morgan fingerprint density at radius 2 is 1.94 bits per heavy atom. The molecule has 0 aromatic heterocycles. The summed E-state index contributed by atoms with van der Waals surface area (Å²) in [5.74, 6) is 0.879. The number of nitrogens with one attached hydrogen (secondary N) is 1. The third-order valence-corrected chi connectivity index (χ3v) is 4.38. The lowest BCUT2D eigenvalue weighted by molar-refractivity contribution is 0.116. The lowest BCUT2D eigenvalue weighted by Gasteiger charge is -2.45. The summed E-state index contributed by atoms with van der Waals surface area (Å²) in [6.45, 7) is 7.03. The van der Waals surface area contributed by atoms with E-state index >= 15 is 0 Å². The highest BCUT2D eigenvalue weighted by molar-refractivity contribution is 5.71. The van der Waals surface area contributed by atoms with Crippen LogP contribution >= 0.6 is 0 Å². The van der Waals surface area contributed by atoms with Gasteiger partial charge in [0.25, 0.3) is 0 Å². The lowest BCUT2D eigenvalue weighted by Crippen LogP contribution is -2.54. The number of benzene rings is 1. The predicted octanol–water partition coefficient (Wildman–Crippen LogP) is 3.57. The van der Waals surface area contributed by atoms with Gasteiger partial charge in [-0.1, -0.05) is 31.2 Å². The van der Waals surface area contributed by atoms with E-state index in [-0.39, 0.29) is 5.66 Å². The molecule has 0 saturated carbocycles. The number of piperidine rings is 1. The van der Waals surface area contributed by atoms with E-state index in [0.717, 1.165) is 5.92 Å². The third-order valence-electron chi connectivity index (χ3n) is 4.38. The molecule has 2 heteroatoms. The monoisotopic (exact) mass is 242 g/mol. The Morgan fingerprint density at radius 3 is 2.72 bits per heavy atom.